The molecular formula is C25H33NO6. The summed E-state index contributed by atoms with van der Waals surface area (Å²) in [5.41, 5.74) is 3.08. The molecule has 32 heavy (non-hydrogen) atoms. The third-order valence-electron chi connectivity index (χ3n) is 5.82. The molecule has 3 rings (SSSR count). The van der Waals surface area contributed by atoms with Gasteiger partial charge in [-0.25, -0.2) is 4.79 Å². The van der Waals surface area contributed by atoms with Crippen molar-refractivity contribution in [2.75, 3.05) is 21.3 Å². The predicted molar refractivity (Wildman–Crippen MR) is 121 cm³/mol. The van der Waals surface area contributed by atoms with Gasteiger partial charge in [-0.1, -0.05) is 13.8 Å². The van der Waals surface area contributed by atoms with E-state index in [0.29, 0.717) is 52.5 Å². The Hall–Kier alpha value is -2.96. The maximum absolute atomic E-state index is 13.4. The molecule has 0 bridgehead atoms. The molecule has 0 saturated heterocycles. The average Bonchev–Trinajstić information content (AvgIpc) is 2.69. The van der Waals surface area contributed by atoms with Gasteiger partial charge in [0.15, 0.2) is 17.3 Å². The highest BCUT2D eigenvalue weighted by molar-refractivity contribution is 6.04. The lowest BCUT2D eigenvalue weighted by molar-refractivity contribution is -0.143. The number of ketones is 1. The van der Waals surface area contributed by atoms with Crippen LogP contribution >= 0.6 is 0 Å². The monoisotopic (exact) mass is 443 g/mol. The Bertz CT molecular complexity index is 977. The van der Waals surface area contributed by atoms with Crippen LogP contribution in [0.5, 0.6) is 17.2 Å². The van der Waals surface area contributed by atoms with E-state index >= 15 is 0 Å². The van der Waals surface area contributed by atoms with E-state index in [-0.39, 0.29) is 17.3 Å². The maximum atomic E-state index is 13.4. The van der Waals surface area contributed by atoms with Crippen LogP contribution in [0.1, 0.15) is 58.9 Å². The second kappa shape index (κ2) is 8.88. The summed E-state index contributed by atoms with van der Waals surface area (Å²) in [6.07, 6.45) is 0.818. The first-order valence-corrected chi connectivity index (χ1v) is 10.8. The number of benzene rings is 1. The minimum Gasteiger partial charge on any atom is -0.493 e. The largest absolute Gasteiger partial charge is 0.493 e. The van der Waals surface area contributed by atoms with Gasteiger partial charge >= 0.3 is 5.97 Å². The lowest BCUT2D eigenvalue weighted by atomic mass is 9.68. The number of allylic oxidation sites excluding steroid dienone is 3. The van der Waals surface area contributed by atoms with Gasteiger partial charge in [0, 0.05) is 29.3 Å². The van der Waals surface area contributed by atoms with Gasteiger partial charge < -0.3 is 24.3 Å². The van der Waals surface area contributed by atoms with Crippen LogP contribution in [0.25, 0.3) is 0 Å². The van der Waals surface area contributed by atoms with Gasteiger partial charge in [-0.3, -0.25) is 4.79 Å². The summed E-state index contributed by atoms with van der Waals surface area (Å²) in [5.74, 6) is 0.332. The molecule has 0 radical (unpaired) electrons. The number of esters is 1. The van der Waals surface area contributed by atoms with Crippen LogP contribution in [0.3, 0.4) is 0 Å². The number of hydrogen-bond donors (Lipinski definition) is 1. The molecular weight excluding hydrogens is 410 g/mol. The van der Waals surface area contributed by atoms with Crippen molar-refractivity contribution in [3.63, 3.8) is 0 Å². The number of methoxy groups -OCH3 is 3. The molecule has 174 valence electrons. The predicted octanol–water partition coefficient (Wildman–Crippen LogP) is 4.27. The molecule has 1 heterocycles. The summed E-state index contributed by atoms with van der Waals surface area (Å²) < 4.78 is 22.1. The summed E-state index contributed by atoms with van der Waals surface area (Å²) in [5, 5.41) is 3.34. The molecule has 1 aromatic carbocycles. The molecule has 1 aromatic rings. The molecule has 1 aliphatic heterocycles. The Labute approximate surface area is 189 Å². The zero-order chi connectivity index (χ0) is 23.8. The van der Waals surface area contributed by atoms with Crippen molar-refractivity contribution in [2.45, 2.75) is 59.5 Å². The minimum absolute atomic E-state index is 0.0184. The average molecular weight is 444 g/mol. The number of carbonyl (C=O) groups excluding carboxylic acids is 2. The number of rotatable bonds is 6. The van der Waals surface area contributed by atoms with Crippen LogP contribution in [0, 0.1) is 5.41 Å². The zero-order valence-corrected chi connectivity index (χ0v) is 20.2. The van der Waals surface area contributed by atoms with E-state index in [4.69, 9.17) is 18.9 Å². The lowest BCUT2D eigenvalue weighted by Crippen LogP contribution is -2.39. The van der Waals surface area contributed by atoms with Gasteiger partial charge in [0.05, 0.1) is 33.0 Å². The quantitative estimate of drug-likeness (QED) is 0.658. The van der Waals surface area contributed by atoms with Crippen molar-refractivity contribution in [3.8, 4) is 17.2 Å². The van der Waals surface area contributed by atoms with E-state index in [9.17, 15) is 9.59 Å². The second-order valence-electron chi connectivity index (χ2n) is 9.34. The van der Waals surface area contributed by atoms with E-state index in [1.54, 1.807) is 26.0 Å². The Balaban J connectivity index is 2.27. The van der Waals surface area contributed by atoms with E-state index in [0.717, 1.165) is 5.70 Å². The molecule has 0 aromatic heterocycles. The van der Waals surface area contributed by atoms with Crippen LogP contribution in [0.15, 0.2) is 34.7 Å². The molecule has 7 heteroatoms. The van der Waals surface area contributed by atoms with Crippen LogP contribution < -0.4 is 19.5 Å². The van der Waals surface area contributed by atoms with Crippen LogP contribution in [-0.2, 0) is 14.3 Å². The molecule has 0 amide bonds. The Kier molecular flexibility index (Phi) is 6.58. The molecule has 0 saturated carbocycles. The third kappa shape index (κ3) is 4.33. The summed E-state index contributed by atoms with van der Waals surface area (Å²) >= 11 is 0. The molecule has 1 aliphatic carbocycles. The van der Waals surface area contributed by atoms with Gasteiger partial charge in [-0.05, 0) is 50.3 Å². The fourth-order valence-electron chi connectivity index (χ4n) is 4.59. The standard InChI is InChI=1S/C25H33NO6/c1-13(2)32-24(28)20-14(3)26-16-11-25(4,5)12-17(27)22(16)21(20)15-9-18(29-6)23(31-8)19(10-15)30-7/h9-10,13,21,26H,11-12H2,1-8H3/t21-/m1/s1. The molecule has 0 fully saturated rings. The van der Waals surface area contributed by atoms with Crippen LogP contribution in [-0.4, -0.2) is 39.2 Å². The zero-order valence-electron chi connectivity index (χ0n) is 20.2. The van der Waals surface area contributed by atoms with Crippen molar-refractivity contribution in [3.05, 3.63) is 40.2 Å². The summed E-state index contributed by atoms with van der Waals surface area (Å²) in [4.78, 5) is 26.6. The Morgan fingerprint density at radius 3 is 2.16 bits per heavy atom. The normalized spacial score (nSPS) is 20.0. The topological polar surface area (TPSA) is 83.1 Å². The highest BCUT2D eigenvalue weighted by atomic mass is 16.5. The van der Waals surface area contributed by atoms with Gasteiger partial charge in [0.25, 0.3) is 0 Å². The van der Waals surface area contributed by atoms with Crippen molar-refractivity contribution >= 4 is 11.8 Å². The number of hydrogen-bond acceptors (Lipinski definition) is 7. The van der Waals surface area contributed by atoms with Crippen molar-refractivity contribution in [1.29, 1.82) is 0 Å². The molecule has 0 unspecified atom stereocenters. The van der Waals surface area contributed by atoms with Crippen LogP contribution in [0.2, 0.25) is 0 Å². The van der Waals surface area contributed by atoms with Gasteiger partial charge in [0.1, 0.15) is 0 Å². The number of Topliss-reactive ketones (excluding diaryl/α,β-unsaturated/α-hetero) is 1. The van der Waals surface area contributed by atoms with Gasteiger partial charge in [-0.2, -0.15) is 0 Å². The van der Waals surface area contributed by atoms with E-state index < -0.39 is 11.9 Å². The first kappa shape index (κ1) is 23.7. The number of nitrogens with one attached hydrogen (secondary N) is 1. The highest BCUT2D eigenvalue weighted by Crippen LogP contribution is 2.49. The Morgan fingerprint density at radius 1 is 1.06 bits per heavy atom. The second-order valence-corrected chi connectivity index (χ2v) is 9.34. The molecule has 1 atom stereocenters. The number of carbonyl (C=O) groups is 2. The smallest absolute Gasteiger partial charge is 0.337 e. The Morgan fingerprint density at radius 2 is 1.66 bits per heavy atom. The fourth-order valence-corrected chi connectivity index (χ4v) is 4.59. The van der Waals surface area contributed by atoms with E-state index in [1.165, 1.54) is 21.3 Å². The van der Waals surface area contributed by atoms with Crippen molar-refractivity contribution < 1.29 is 28.5 Å². The first-order valence-electron chi connectivity index (χ1n) is 10.8. The first-order chi connectivity index (χ1) is 15.0. The van der Waals surface area contributed by atoms with Crippen molar-refractivity contribution in [1.82, 2.24) is 5.32 Å². The van der Waals surface area contributed by atoms with Gasteiger partial charge in [0.2, 0.25) is 5.75 Å². The summed E-state index contributed by atoms with van der Waals surface area (Å²) in [6, 6.07) is 3.59. The maximum Gasteiger partial charge on any atom is 0.337 e. The lowest BCUT2D eigenvalue weighted by Gasteiger charge is -2.39. The van der Waals surface area contributed by atoms with Gasteiger partial charge in [-0.15, -0.1) is 0 Å². The molecule has 2 aliphatic rings. The fraction of sp³-hybridized carbons (Fsp3) is 0.520. The minimum atomic E-state index is -0.602. The number of ether oxygens (including phenoxy) is 4. The molecule has 1 N–H and O–H groups in total. The van der Waals surface area contributed by atoms with E-state index in [2.05, 4.69) is 19.2 Å². The highest BCUT2D eigenvalue weighted by Gasteiger charge is 2.43. The molecule has 0 spiro atoms. The third-order valence-corrected chi connectivity index (χ3v) is 5.82. The summed E-state index contributed by atoms with van der Waals surface area (Å²) in [7, 11) is 4.61. The van der Waals surface area contributed by atoms with Crippen LogP contribution in [0.4, 0.5) is 0 Å². The van der Waals surface area contributed by atoms with E-state index in [1.807, 2.05) is 6.92 Å². The SMILES string of the molecule is COc1cc([C@@H]2C(C(=O)OC(C)C)=C(C)NC3=C2C(=O)CC(C)(C)C3)cc(OC)c1OC. The van der Waals surface area contributed by atoms with Crippen molar-refractivity contribution in [2.24, 2.45) is 5.41 Å². The molecule has 7 nitrogen and oxygen atoms in total. The number of dihydropyridines is 1. The summed E-state index contributed by atoms with van der Waals surface area (Å²) in [6.45, 7) is 9.60.